The van der Waals surface area contributed by atoms with Crippen LogP contribution in [0.25, 0.3) is 0 Å². The molecule has 0 aliphatic rings. The molecule has 0 aliphatic heterocycles. The van der Waals surface area contributed by atoms with Crippen molar-refractivity contribution in [3.05, 3.63) is 0 Å². The van der Waals surface area contributed by atoms with Gasteiger partial charge in [0, 0.05) is 90.1 Å². The van der Waals surface area contributed by atoms with Gasteiger partial charge in [-0.3, -0.25) is 34.9 Å². The van der Waals surface area contributed by atoms with E-state index in [9.17, 15) is 0 Å². The Balaban J connectivity index is -0.000000218. The Morgan fingerprint density at radius 1 is 0.333 bits per heavy atom. The van der Waals surface area contributed by atoms with E-state index in [1.807, 2.05) is 45.8 Å². The van der Waals surface area contributed by atoms with E-state index in [-0.39, 0.29) is 38.8 Å². The molecule has 0 radical (unpaired) electrons. The lowest BCUT2D eigenvalue weighted by Gasteiger charge is -2.34. The highest BCUT2D eigenvalue weighted by atomic mass is 15.2. The van der Waals surface area contributed by atoms with E-state index in [1.165, 1.54) is 6.42 Å². The highest BCUT2D eigenvalue weighted by Gasteiger charge is 2.18. The van der Waals surface area contributed by atoms with Gasteiger partial charge in [-0.05, 0) is 234 Å². The first kappa shape index (κ1) is 91.7. The van der Waals surface area contributed by atoms with Gasteiger partial charge in [0.15, 0.2) is 0 Å². The van der Waals surface area contributed by atoms with Crippen LogP contribution in [-0.4, -0.2) is 258 Å². The summed E-state index contributed by atoms with van der Waals surface area (Å²) >= 11 is 0. The molecule has 1 atom stereocenters. The van der Waals surface area contributed by atoms with Crippen molar-refractivity contribution >= 4 is 38.0 Å². The van der Waals surface area contributed by atoms with Crippen molar-refractivity contribution in [1.82, 2.24) is 61.3 Å². The molecular weight excluding hydrogens is 1040 g/mol. The molecule has 0 spiro atoms. The van der Waals surface area contributed by atoms with Crippen molar-refractivity contribution in [2.24, 2.45) is 30.0 Å². The summed E-state index contributed by atoms with van der Waals surface area (Å²) in [4.78, 5) is 39.6. The number of aliphatic imine (C=N–C) groups is 6. The van der Waals surface area contributed by atoms with E-state index < -0.39 is 0 Å². The van der Waals surface area contributed by atoms with Crippen LogP contribution in [0.3, 0.4) is 0 Å². The molecule has 84 heavy (non-hydrogen) atoms. The first-order valence-electron chi connectivity index (χ1n) is 32.0. The van der Waals surface area contributed by atoms with Gasteiger partial charge >= 0.3 is 0 Å². The minimum atomic E-state index is 0.109. The fourth-order valence-corrected chi connectivity index (χ4v) is 5.57. The van der Waals surface area contributed by atoms with Crippen molar-refractivity contribution < 1.29 is 0 Å². The molecule has 0 saturated heterocycles. The average Bonchev–Trinajstić information content (AvgIpc) is 3.34. The van der Waals surface area contributed by atoms with Gasteiger partial charge < -0.3 is 56.4 Å². The lowest BCUT2D eigenvalue weighted by atomic mass is 10.1. The molecule has 0 aromatic rings. The summed E-state index contributed by atoms with van der Waals surface area (Å²) < 4.78 is 0. The Bertz CT molecular complexity index is 1580. The van der Waals surface area contributed by atoms with Crippen LogP contribution in [0, 0.1) is 0 Å². The molecule has 0 bridgehead atoms. The fraction of sp³-hybridized carbons (Fsp3) is 0.909. The topological polar surface area (TPSA) is 166 Å². The summed E-state index contributed by atoms with van der Waals surface area (Å²) in [5.74, 6) is 0. The second kappa shape index (κ2) is 51.6. The predicted molar refractivity (Wildman–Crippen MR) is 384 cm³/mol. The van der Waals surface area contributed by atoms with E-state index in [2.05, 4.69) is 313 Å². The average molecular weight is 1200 g/mol. The fourth-order valence-electron chi connectivity index (χ4n) is 5.57. The first-order valence-corrected chi connectivity index (χ1v) is 32.0. The van der Waals surface area contributed by atoms with Crippen molar-refractivity contribution in [2.45, 2.75) is 258 Å². The third kappa shape index (κ3) is 85.0. The molecule has 0 aliphatic carbocycles. The second-order valence-corrected chi connectivity index (χ2v) is 29.4. The maximum Gasteiger partial charge on any atom is 0.0828 e. The van der Waals surface area contributed by atoms with Crippen molar-refractivity contribution in [3.63, 3.8) is 0 Å². The van der Waals surface area contributed by atoms with Crippen LogP contribution in [0.1, 0.15) is 207 Å². The monoisotopic (exact) mass is 1200 g/mol. The van der Waals surface area contributed by atoms with Gasteiger partial charge in [0.05, 0.1) is 77.3 Å². The molecule has 18 heteroatoms. The van der Waals surface area contributed by atoms with Crippen molar-refractivity contribution in [1.29, 1.82) is 0 Å². The number of hydrogen-bond donors (Lipinski definition) is 6. The highest BCUT2D eigenvalue weighted by Crippen LogP contribution is 2.11. The number of hydrogen-bond acceptors (Lipinski definition) is 12. The van der Waals surface area contributed by atoms with Crippen LogP contribution in [0.4, 0.5) is 0 Å². The quantitative estimate of drug-likeness (QED) is 0.0288. The Labute approximate surface area is 525 Å². The van der Waals surface area contributed by atoms with E-state index in [0.717, 1.165) is 105 Å². The van der Waals surface area contributed by atoms with Gasteiger partial charge in [-0.15, -0.1) is 0 Å². The molecule has 504 valence electrons. The van der Waals surface area contributed by atoms with Crippen LogP contribution in [0.2, 0.25) is 0 Å². The number of likely N-dealkylation sites (N-methyl/N-ethyl adjacent to an activating group) is 6. The Kier molecular flexibility index (Phi) is 56.4. The zero-order valence-corrected chi connectivity index (χ0v) is 62.5. The van der Waals surface area contributed by atoms with E-state index in [0.29, 0.717) is 12.1 Å². The first-order chi connectivity index (χ1) is 38.2. The molecule has 0 aromatic carbocycles. The van der Waals surface area contributed by atoms with Crippen molar-refractivity contribution in [2.75, 3.05) is 140 Å². The van der Waals surface area contributed by atoms with Crippen LogP contribution >= 0.6 is 0 Å². The van der Waals surface area contributed by atoms with Crippen LogP contribution < -0.4 is 31.9 Å². The van der Waals surface area contributed by atoms with E-state index >= 15 is 0 Å². The van der Waals surface area contributed by atoms with Gasteiger partial charge in [0.1, 0.15) is 0 Å². The predicted octanol–water partition coefficient (Wildman–Crippen LogP) is 10.5. The molecule has 0 heterocycles. The lowest BCUT2D eigenvalue weighted by molar-refractivity contribution is 0.150. The van der Waals surface area contributed by atoms with Crippen LogP contribution in [-0.2, 0) is 0 Å². The zero-order chi connectivity index (χ0) is 66.9. The van der Waals surface area contributed by atoms with Gasteiger partial charge in [-0.2, -0.15) is 0 Å². The third-order valence-corrected chi connectivity index (χ3v) is 12.0. The van der Waals surface area contributed by atoms with Gasteiger partial charge in [-0.1, -0.05) is 34.6 Å². The molecule has 0 aromatic heterocycles. The molecule has 6 N–H and O–H groups in total. The van der Waals surface area contributed by atoms with Crippen molar-refractivity contribution in [3.8, 4) is 0 Å². The zero-order valence-electron chi connectivity index (χ0n) is 62.5. The summed E-state index contributed by atoms with van der Waals surface area (Å²) in [6, 6.07) is 1.25. The molecule has 0 saturated carbocycles. The normalized spacial score (nSPS) is 13.4. The van der Waals surface area contributed by atoms with E-state index in [4.69, 9.17) is 0 Å². The standard InChI is InChI=1S/C13H29N3.C12H27N3.2C11H25N3.C10H23N3.C9H21N3/c1-8-16(13(5,6)7)10-9-14-11-15-12(2,3)4;1-7-11(2)15(6)9-8-13-10-14-12(3,4)5;1-10(2)14(6)8-7-12-9-13-11(3,4)5;1-6-14(7-2)9-8-12-10-13-11(3,4)5;1-6-13(5)8-7-11-9-12-10(2,3)4;1-9(2,3)11-8-10-6-7-12(4)5/h11H,8-10H2,1-7H3,(H,14,15);10-11H,7-9H2,1-6H3,(H,13,14);9-10H,7-8H2,1-6H3,(H,12,13);10H,6-9H2,1-5H3,(H,12,13);9H,6-8H2,1-5H3,(H,11,12);8H,6-7H2,1-5H3,(H,10,11). The molecular formula is C66H150N18. The maximum absolute atomic E-state index is 4.38. The lowest BCUT2D eigenvalue weighted by Crippen LogP contribution is -2.42. The summed E-state index contributed by atoms with van der Waals surface area (Å²) in [6.45, 7) is 78.2. The summed E-state index contributed by atoms with van der Waals surface area (Å²) in [5, 5.41) is 19.3. The maximum atomic E-state index is 4.38. The number of rotatable bonds is 31. The smallest absolute Gasteiger partial charge is 0.0828 e. The van der Waals surface area contributed by atoms with Gasteiger partial charge in [0.2, 0.25) is 0 Å². The molecule has 18 nitrogen and oxygen atoms in total. The SMILES string of the molecule is CC(C)N(C)CCN=CNC(C)(C)C.CCC(C)N(C)CCN=CNC(C)(C)C.CCN(C)CCN=CNC(C)(C)C.CCN(CC)CCN=CNC(C)(C)C.CCN(CCN=CNC(C)(C)C)C(C)(C)C.CN(C)CCN=CNC(C)(C)C. The Morgan fingerprint density at radius 3 is 0.845 bits per heavy atom. The van der Waals surface area contributed by atoms with Crippen LogP contribution in [0.5, 0.6) is 0 Å². The minimum absolute atomic E-state index is 0.109. The summed E-state index contributed by atoms with van der Waals surface area (Å²) in [7, 11) is 10.5. The largest absolute Gasteiger partial charge is 0.372 e. The summed E-state index contributed by atoms with van der Waals surface area (Å²) in [5.41, 5.74) is 0.958. The highest BCUT2D eigenvalue weighted by molar-refractivity contribution is 5.57. The number of nitrogens with one attached hydrogen (secondary N) is 6. The summed E-state index contributed by atoms with van der Waals surface area (Å²) in [6.07, 6.45) is 12.1. The molecule has 0 rings (SSSR count). The molecule has 1 unspecified atom stereocenters. The minimum Gasteiger partial charge on any atom is -0.372 e. The third-order valence-electron chi connectivity index (χ3n) is 12.0. The molecule has 0 amide bonds. The molecule has 0 fully saturated rings. The van der Waals surface area contributed by atoms with E-state index in [1.54, 1.807) is 6.34 Å². The number of nitrogens with zero attached hydrogens (tertiary/aromatic N) is 12. The Hall–Kier alpha value is -3.42. The van der Waals surface area contributed by atoms with Crippen LogP contribution in [0.15, 0.2) is 30.0 Å². The second-order valence-electron chi connectivity index (χ2n) is 29.4. The van der Waals surface area contributed by atoms with Gasteiger partial charge in [0.25, 0.3) is 0 Å². The van der Waals surface area contributed by atoms with Gasteiger partial charge in [-0.25, -0.2) is 0 Å². The Morgan fingerprint density at radius 2 is 0.607 bits per heavy atom.